The number of amides is 1. The minimum absolute atomic E-state index is 0.148. The summed E-state index contributed by atoms with van der Waals surface area (Å²) in [4.78, 5) is 26.3. The molecule has 2 saturated heterocycles. The number of likely N-dealkylation sites (tertiary alicyclic amines) is 1. The number of hydrogen-bond acceptors (Lipinski definition) is 6. The zero-order valence-corrected chi connectivity index (χ0v) is 18.7. The van der Waals surface area contributed by atoms with Crippen LogP contribution in [0.3, 0.4) is 0 Å². The zero-order chi connectivity index (χ0) is 22.1. The number of fused-ring (bicyclic) bond motifs is 1. The van der Waals surface area contributed by atoms with Crippen LogP contribution in [0, 0.1) is 6.92 Å². The van der Waals surface area contributed by atoms with Crippen LogP contribution in [0.5, 0.6) is 5.75 Å². The molecule has 1 unspecified atom stereocenters. The molecule has 168 valence electrons. The highest BCUT2D eigenvalue weighted by molar-refractivity contribution is 6.03. The second-order valence-corrected chi connectivity index (χ2v) is 8.63. The van der Waals surface area contributed by atoms with Crippen LogP contribution < -0.4 is 4.74 Å². The quantitative estimate of drug-likeness (QED) is 0.722. The molecule has 8 heteroatoms. The fourth-order valence-electron chi connectivity index (χ4n) is 4.77. The van der Waals surface area contributed by atoms with Gasteiger partial charge in [-0.05, 0) is 55.5 Å². The van der Waals surface area contributed by atoms with E-state index in [0.717, 1.165) is 66.5 Å². The minimum Gasteiger partial charge on any atom is -0.495 e. The first-order chi connectivity index (χ1) is 15.6. The molecule has 8 nitrogen and oxygen atoms in total. The molecule has 0 N–H and O–H groups in total. The van der Waals surface area contributed by atoms with E-state index in [-0.39, 0.29) is 11.9 Å². The summed E-state index contributed by atoms with van der Waals surface area (Å²) in [6.45, 7) is 4.98. The van der Waals surface area contributed by atoms with Crippen LogP contribution in [-0.4, -0.2) is 70.5 Å². The number of ether oxygens (including phenoxy) is 1. The number of methoxy groups -OCH3 is 1. The molecule has 1 amide bonds. The highest BCUT2D eigenvalue weighted by atomic mass is 16.6. The van der Waals surface area contributed by atoms with Crippen molar-refractivity contribution >= 4 is 17.8 Å². The average molecular weight is 436 g/mol. The van der Waals surface area contributed by atoms with E-state index in [2.05, 4.69) is 27.2 Å². The van der Waals surface area contributed by atoms with E-state index in [1.807, 2.05) is 34.7 Å². The summed E-state index contributed by atoms with van der Waals surface area (Å²) in [6, 6.07) is 6.33. The number of carbonyl (C=O) groups excluding carboxylic acids is 1. The first-order valence-electron chi connectivity index (χ1n) is 11.3. The Labute approximate surface area is 188 Å². The number of nitrogens with zero attached hydrogens (tertiary/aromatic N) is 5. The van der Waals surface area contributed by atoms with Gasteiger partial charge in [0.15, 0.2) is 5.84 Å². The van der Waals surface area contributed by atoms with E-state index in [4.69, 9.17) is 9.57 Å². The maximum Gasteiger partial charge on any atom is 0.222 e. The summed E-state index contributed by atoms with van der Waals surface area (Å²) in [5.41, 5.74) is 4.12. The third-order valence-electron chi connectivity index (χ3n) is 6.40. The van der Waals surface area contributed by atoms with Crippen LogP contribution in [0.25, 0.3) is 11.8 Å². The van der Waals surface area contributed by atoms with Gasteiger partial charge in [0.25, 0.3) is 0 Å². The molecular formula is C24H29N5O3. The predicted molar refractivity (Wildman–Crippen MR) is 122 cm³/mol. The number of benzene rings is 1. The van der Waals surface area contributed by atoms with Crippen molar-refractivity contribution in [3.8, 4) is 11.4 Å². The van der Waals surface area contributed by atoms with Gasteiger partial charge >= 0.3 is 0 Å². The van der Waals surface area contributed by atoms with Crippen molar-refractivity contribution in [3.63, 3.8) is 0 Å². The summed E-state index contributed by atoms with van der Waals surface area (Å²) >= 11 is 0. The molecule has 0 radical (unpaired) electrons. The van der Waals surface area contributed by atoms with Crippen LogP contribution >= 0.6 is 0 Å². The molecule has 1 atom stereocenters. The lowest BCUT2D eigenvalue weighted by Crippen LogP contribution is -2.53. The van der Waals surface area contributed by atoms with E-state index in [1.54, 1.807) is 13.4 Å². The van der Waals surface area contributed by atoms with Crippen LogP contribution in [0.4, 0.5) is 0 Å². The Morgan fingerprint density at radius 3 is 2.88 bits per heavy atom. The number of piperidine rings is 1. The van der Waals surface area contributed by atoms with Gasteiger partial charge < -0.3 is 23.9 Å². The molecule has 0 spiro atoms. The molecule has 0 saturated carbocycles. The van der Waals surface area contributed by atoms with Gasteiger partial charge in [0, 0.05) is 32.3 Å². The van der Waals surface area contributed by atoms with Gasteiger partial charge in [0.2, 0.25) is 5.91 Å². The van der Waals surface area contributed by atoms with Gasteiger partial charge in [0.1, 0.15) is 12.4 Å². The molecule has 3 aliphatic rings. The molecule has 0 bridgehead atoms. The van der Waals surface area contributed by atoms with Gasteiger partial charge in [-0.25, -0.2) is 4.98 Å². The summed E-state index contributed by atoms with van der Waals surface area (Å²) in [7, 11) is 1.69. The third kappa shape index (κ3) is 3.97. The SMILES string of the molecule is COc1cc(/C=C2\CCCN3C2=NOCC3CN2CCCC2=O)ccc1-n1cnc(C)c1. The Morgan fingerprint density at radius 1 is 1.25 bits per heavy atom. The van der Waals surface area contributed by atoms with E-state index in [1.165, 1.54) is 0 Å². The van der Waals surface area contributed by atoms with Crippen LogP contribution in [0.1, 0.15) is 36.9 Å². The molecule has 4 heterocycles. The maximum atomic E-state index is 12.1. The average Bonchev–Trinajstić information content (AvgIpc) is 3.42. The molecular weight excluding hydrogens is 406 g/mol. The van der Waals surface area contributed by atoms with E-state index < -0.39 is 0 Å². The Kier molecular flexibility index (Phi) is 5.59. The fourth-order valence-corrected chi connectivity index (χ4v) is 4.77. The van der Waals surface area contributed by atoms with Crippen molar-refractivity contribution in [1.29, 1.82) is 0 Å². The van der Waals surface area contributed by atoms with Gasteiger partial charge in [-0.15, -0.1) is 0 Å². The van der Waals surface area contributed by atoms with Gasteiger partial charge in [-0.1, -0.05) is 11.2 Å². The monoisotopic (exact) mass is 435 g/mol. The number of aryl methyl sites for hydroxylation is 1. The van der Waals surface area contributed by atoms with E-state index >= 15 is 0 Å². The number of carbonyl (C=O) groups is 1. The van der Waals surface area contributed by atoms with Crippen molar-refractivity contribution in [3.05, 3.63) is 47.6 Å². The summed E-state index contributed by atoms with van der Waals surface area (Å²) in [5.74, 6) is 1.94. The lowest BCUT2D eigenvalue weighted by Gasteiger charge is -2.41. The molecule has 2 fully saturated rings. The van der Waals surface area contributed by atoms with Crippen molar-refractivity contribution in [2.24, 2.45) is 5.16 Å². The Balaban J connectivity index is 1.39. The first-order valence-corrected chi connectivity index (χ1v) is 11.3. The second kappa shape index (κ2) is 8.68. The number of oxime groups is 1. The number of hydrogen-bond donors (Lipinski definition) is 0. The summed E-state index contributed by atoms with van der Waals surface area (Å²) in [6.07, 6.45) is 9.56. The van der Waals surface area contributed by atoms with Gasteiger partial charge in [-0.3, -0.25) is 4.79 Å². The predicted octanol–water partition coefficient (Wildman–Crippen LogP) is 3.00. The smallest absolute Gasteiger partial charge is 0.222 e. The number of imidazole rings is 1. The third-order valence-corrected chi connectivity index (χ3v) is 6.40. The van der Waals surface area contributed by atoms with E-state index in [0.29, 0.717) is 19.6 Å². The van der Waals surface area contributed by atoms with Crippen molar-refractivity contribution in [2.45, 2.75) is 38.6 Å². The maximum absolute atomic E-state index is 12.1. The minimum atomic E-state index is 0.148. The Bertz CT molecular complexity index is 1070. The number of rotatable bonds is 5. The highest BCUT2D eigenvalue weighted by Gasteiger charge is 2.34. The zero-order valence-electron chi connectivity index (χ0n) is 18.7. The van der Waals surface area contributed by atoms with Crippen molar-refractivity contribution in [1.82, 2.24) is 19.4 Å². The molecule has 5 rings (SSSR count). The normalized spacial score (nSPS) is 22.1. The standard InChI is InChI=1S/C24H29N5O3/c1-17-13-28(16-25-17)21-8-7-18(12-22(21)31-2)11-19-5-3-10-29-20(15-32-26-24(19)29)14-27-9-4-6-23(27)30/h7-8,11-13,16,20H,3-6,9-10,14-15H2,1-2H3/b19-11+. The molecule has 1 aromatic heterocycles. The largest absolute Gasteiger partial charge is 0.495 e. The number of aromatic nitrogens is 2. The molecule has 32 heavy (non-hydrogen) atoms. The van der Waals surface area contributed by atoms with Crippen molar-refractivity contribution in [2.75, 3.05) is 33.4 Å². The molecule has 0 aliphatic carbocycles. The topological polar surface area (TPSA) is 72.2 Å². The summed E-state index contributed by atoms with van der Waals surface area (Å²) < 4.78 is 7.64. The number of amidine groups is 1. The Hall–Kier alpha value is -3.29. The van der Waals surface area contributed by atoms with Crippen LogP contribution in [0.15, 0.2) is 41.5 Å². The van der Waals surface area contributed by atoms with Crippen LogP contribution in [-0.2, 0) is 9.63 Å². The highest BCUT2D eigenvalue weighted by Crippen LogP contribution is 2.29. The summed E-state index contributed by atoms with van der Waals surface area (Å²) in [5, 5.41) is 4.41. The molecule has 1 aromatic carbocycles. The lowest BCUT2D eigenvalue weighted by molar-refractivity contribution is -0.128. The lowest BCUT2D eigenvalue weighted by atomic mass is 9.98. The molecule has 2 aromatic rings. The molecule has 3 aliphatic heterocycles. The van der Waals surface area contributed by atoms with E-state index in [9.17, 15) is 4.79 Å². The van der Waals surface area contributed by atoms with Gasteiger partial charge in [-0.2, -0.15) is 0 Å². The van der Waals surface area contributed by atoms with Crippen LogP contribution in [0.2, 0.25) is 0 Å². The first kappa shape index (κ1) is 20.6. The second-order valence-electron chi connectivity index (χ2n) is 8.63. The van der Waals surface area contributed by atoms with Gasteiger partial charge in [0.05, 0.1) is 30.9 Å². The Morgan fingerprint density at radius 2 is 2.12 bits per heavy atom. The van der Waals surface area contributed by atoms with Crippen molar-refractivity contribution < 1.29 is 14.4 Å². The fraction of sp³-hybridized carbons (Fsp3) is 0.458.